The molecule has 0 saturated heterocycles. The lowest BCUT2D eigenvalue weighted by atomic mass is 10.2. The fraction of sp³-hybridized carbons (Fsp3) is 0.118. The summed E-state index contributed by atoms with van der Waals surface area (Å²) < 4.78 is 28.3. The monoisotopic (exact) mass is 394 g/mol. The van der Waals surface area contributed by atoms with E-state index in [1.807, 2.05) is 0 Å². The molecule has 8 heteroatoms. The highest BCUT2D eigenvalue weighted by atomic mass is 35.5. The summed E-state index contributed by atoms with van der Waals surface area (Å²) in [4.78, 5) is 12.8. The number of halogens is 1. The van der Waals surface area contributed by atoms with Gasteiger partial charge in [0.05, 0.1) is 5.75 Å². The number of rotatable bonds is 5. The van der Waals surface area contributed by atoms with E-state index in [9.17, 15) is 13.2 Å². The summed E-state index contributed by atoms with van der Waals surface area (Å²) in [5, 5.41) is 0.461. The minimum absolute atomic E-state index is 0.0995. The largest absolute Gasteiger partial charge is 0.294 e. The minimum atomic E-state index is -3.75. The van der Waals surface area contributed by atoms with Crippen LogP contribution in [0.2, 0.25) is 5.02 Å². The van der Waals surface area contributed by atoms with Crippen LogP contribution in [0.15, 0.2) is 71.0 Å². The van der Waals surface area contributed by atoms with Gasteiger partial charge in [0.15, 0.2) is 0 Å². The number of aryl methyl sites for hydroxylation is 1. The van der Waals surface area contributed by atoms with Gasteiger partial charge in [-0.15, -0.1) is 11.8 Å². The molecule has 2 aromatic heterocycles. The van der Waals surface area contributed by atoms with Crippen LogP contribution >= 0.6 is 23.4 Å². The van der Waals surface area contributed by atoms with Crippen molar-refractivity contribution in [2.45, 2.75) is 16.7 Å². The van der Waals surface area contributed by atoms with Gasteiger partial charge in [-0.2, -0.15) is 0 Å². The van der Waals surface area contributed by atoms with Crippen LogP contribution in [-0.2, 0) is 10.0 Å². The zero-order valence-electron chi connectivity index (χ0n) is 13.3. The molecule has 0 atom stereocenters. The summed E-state index contributed by atoms with van der Waals surface area (Å²) in [6, 6.07) is 9.94. The first kappa shape index (κ1) is 17.8. The van der Waals surface area contributed by atoms with E-state index in [1.54, 1.807) is 55.7 Å². The van der Waals surface area contributed by atoms with Crippen molar-refractivity contribution in [3.63, 3.8) is 0 Å². The number of thioether (sulfide) groups is 1. The number of carbonyl (C=O) groups is 1. The summed E-state index contributed by atoms with van der Waals surface area (Å²) in [5.41, 5.74) is 0.661. The Morgan fingerprint density at radius 1 is 1.08 bits per heavy atom. The Bertz CT molecular complexity index is 995. The first-order valence-electron chi connectivity index (χ1n) is 7.37. The highest BCUT2D eigenvalue weighted by Crippen LogP contribution is 2.33. The third-order valence-corrected chi connectivity index (χ3v) is 6.87. The van der Waals surface area contributed by atoms with Crippen LogP contribution in [0, 0.1) is 6.92 Å². The molecule has 0 amide bonds. The maximum atomic E-state index is 12.9. The van der Waals surface area contributed by atoms with Crippen molar-refractivity contribution in [1.29, 1.82) is 0 Å². The summed E-state index contributed by atoms with van der Waals surface area (Å²) in [6.07, 6.45) is 6.25. The number of hydrogen-bond acceptors (Lipinski definition) is 4. The fourth-order valence-corrected chi connectivity index (χ4v) is 5.14. The van der Waals surface area contributed by atoms with Crippen molar-refractivity contribution in [2.75, 3.05) is 5.75 Å². The van der Waals surface area contributed by atoms with Crippen molar-refractivity contribution in [1.82, 2.24) is 8.54 Å². The molecule has 25 heavy (non-hydrogen) atoms. The molecule has 3 aromatic rings. The van der Waals surface area contributed by atoms with E-state index >= 15 is 0 Å². The lowest BCUT2D eigenvalue weighted by Crippen LogP contribution is -2.14. The first-order valence-corrected chi connectivity index (χ1v) is 10.2. The van der Waals surface area contributed by atoms with Crippen molar-refractivity contribution >= 4 is 39.3 Å². The van der Waals surface area contributed by atoms with E-state index in [2.05, 4.69) is 0 Å². The second-order valence-electron chi connectivity index (χ2n) is 5.34. The number of aromatic nitrogens is 2. The molecule has 1 aromatic carbocycles. The second-order valence-corrected chi connectivity index (χ2v) is 8.57. The number of carbonyl (C=O) groups excluding carboxylic acids is 1. The van der Waals surface area contributed by atoms with E-state index in [0.717, 1.165) is 15.7 Å². The Balaban J connectivity index is 1.96. The van der Waals surface area contributed by atoms with Gasteiger partial charge in [-0.1, -0.05) is 11.6 Å². The molecular formula is C17H15ClN2O3S2. The van der Waals surface area contributed by atoms with E-state index < -0.39 is 10.0 Å². The lowest BCUT2D eigenvalue weighted by molar-refractivity contribution is 0.0942. The highest BCUT2D eigenvalue weighted by Gasteiger charge is 2.22. The van der Waals surface area contributed by atoms with Crippen molar-refractivity contribution in [2.24, 2.45) is 0 Å². The van der Waals surface area contributed by atoms with E-state index in [0.29, 0.717) is 15.5 Å². The van der Waals surface area contributed by atoms with E-state index in [-0.39, 0.29) is 16.6 Å². The Morgan fingerprint density at radius 2 is 1.68 bits per heavy atom. The fourth-order valence-electron chi connectivity index (χ4n) is 2.26. The first-order chi connectivity index (χ1) is 11.9. The third kappa shape index (κ3) is 3.68. The van der Waals surface area contributed by atoms with Crippen LogP contribution in [0.3, 0.4) is 0 Å². The zero-order chi connectivity index (χ0) is 18.0. The predicted octanol–water partition coefficient (Wildman–Crippen LogP) is 3.92. The maximum Gasteiger partial charge on any atom is 0.268 e. The smallest absolute Gasteiger partial charge is 0.268 e. The summed E-state index contributed by atoms with van der Waals surface area (Å²) >= 11 is 7.32. The van der Waals surface area contributed by atoms with Crippen LogP contribution in [0.25, 0.3) is 0 Å². The molecule has 0 aliphatic carbocycles. The quantitative estimate of drug-likeness (QED) is 0.615. The molecule has 0 radical (unpaired) electrons. The van der Waals surface area contributed by atoms with E-state index in [4.69, 9.17) is 11.6 Å². The Kier molecular flexibility index (Phi) is 5.08. The third-order valence-electron chi connectivity index (χ3n) is 3.60. The normalized spacial score (nSPS) is 11.6. The van der Waals surface area contributed by atoms with Gasteiger partial charge in [0.2, 0.25) is 5.91 Å². The topological polar surface area (TPSA) is 61.1 Å². The molecule has 0 bridgehead atoms. The molecule has 0 aliphatic rings. The van der Waals surface area contributed by atoms with Gasteiger partial charge in [-0.3, -0.25) is 9.36 Å². The lowest BCUT2D eigenvalue weighted by Gasteiger charge is -2.13. The van der Waals surface area contributed by atoms with Gasteiger partial charge in [-0.05, 0) is 48.9 Å². The SMILES string of the molecule is Cc1cc(S(=O)(=O)n2cccc2)c(SCC(=O)n2cccc2)cc1Cl. The van der Waals surface area contributed by atoms with Crippen LogP contribution < -0.4 is 0 Å². The van der Waals surface area contributed by atoms with Crippen LogP contribution in [-0.4, -0.2) is 28.6 Å². The van der Waals surface area contributed by atoms with Gasteiger partial charge < -0.3 is 0 Å². The number of benzene rings is 1. The average molecular weight is 395 g/mol. The molecule has 0 unspecified atom stereocenters. The molecule has 2 heterocycles. The van der Waals surface area contributed by atoms with Crippen LogP contribution in [0.1, 0.15) is 10.4 Å². The van der Waals surface area contributed by atoms with Crippen LogP contribution in [0.4, 0.5) is 0 Å². The van der Waals surface area contributed by atoms with Gasteiger partial charge in [0.1, 0.15) is 4.90 Å². The zero-order valence-corrected chi connectivity index (χ0v) is 15.7. The molecule has 5 nitrogen and oxygen atoms in total. The van der Waals surface area contributed by atoms with Crippen LogP contribution in [0.5, 0.6) is 0 Å². The molecule has 130 valence electrons. The van der Waals surface area contributed by atoms with Crippen molar-refractivity contribution < 1.29 is 13.2 Å². The molecular weight excluding hydrogens is 380 g/mol. The Morgan fingerprint density at radius 3 is 2.32 bits per heavy atom. The van der Waals surface area contributed by atoms with Gasteiger partial charge in [0.25, 0.3) is 10.0 Å². The Hall–Kier alpha value is -1.96. The molecule has 3 rings (SSSR count). The number of nitrogens with zero attached hydrogens (tertiary/aromatic N) is 2. The number of hydrogen-bond donors (Lipinski definition) is 0. The Labute approximate surface area is 155 Å². The highest BCUT2D eigenvalue weighted by molar-refractivity contribution is 8.00. The summed E-state index contributed by atoms with van der Waals surface area (Å²) in [5.74, 6) is -0.0431. The molecule has 0 aliphatic heterocycles. The average Bonchev–Trinajstić information content (AvgIpc) is 3.28. The van der Waals surface area contributed by atoms with Gasteiger partial charge >= 0.3 is 0 Å². The maximum absolute atomic E-state index is 12.9. The van der Waals surface area contributed by atoms with Gasteiger partial charge in [0, 0.05) is 34.7 Å². The van der Waals surface area contributed by atoms with E-state index in [1.165, 1.54) is 17.0 Å². The standard InChI is InChI=1S/C17H15ClN2O3S2/c1-13-10-16(25(22,23)20-8-4-5-9-20)15(11-14(13)18)24-12-17(21)19-6-2-3-7-19/h2-11H,12H2,1H3. The van der Waals surface area contributed by atoms with Crippen molar-refractivity contribution in [3.05, 3.63) is 71.8 Å². The molecule has 0 saturated carbocycles. The van der Waals surface area contributed by atoms with Crippen molar-refractivity contribution in [3.8, 4) is 0 Å². The molecule has 0 N–H and O–H groups in total. The summed E-state index contributed by atoms with van der Waals surface area (Å²) in [7, 11) is -3.75. The summed E-state index contributed by atoms with van der Waals surface area (Å²) in [6.45, 7) is 1.75. The molecule has 0 fully saturated rings. The minimum Gasteiger partial charge on any atom is -0.294 e. The predicted molar refractivity (Wildman–Crippen MR) is 99.0 cm³/mol. The van der Waals surface area contributed by atoms with Gasteiger partial charge in [-0.25, -0.2) is 12.4 Å². The molecule has 0 spiro atoms. The second kappa shape index (κ2) is 7.11.